The molecule has 1 N–H and O–H groups in total. The Bertz CT molecular complexity index is 952. The number of nitrogens with one attached hydrogen (secondary N) is 1. The molecule has 0 bridgehead atoms. The van der Waals surface area contributed by atoms with Gasteiger partial charge in [-0.15, -0.1) is 10.2 Å². The van der Waals surface area contributed by atoms with Crippen molar-refractivity contribution in [1.29, 1.82) is 0 Å². The van der Waals surface area contributed by atoms with Crippen molar-refractivity contribution in [2.75, 3.05) is 7.11 Å². The van der Waals surface area contributed by atoms with E-state index < -0.39 is 0 Å². The van der Waals surface area contributed by atoms with Crippen LogP contribution < -0.4 is 10.1 Å². The first-order valence-corrected chi connectivity index (χ1v) is 9.63. The fourth-order valence-electron chi connectivity index (χ4n) is 3.63. The third-order valence-corrected chi connectivity index (χ3v) is 5.19. The maximum Gasteiger partial charge on any atom is 0.251 e. The second-order valence-corrected chi connectivity index (χ2v) is 7.08. The molecule has 0 fully saturated rings. The van der Waals surface area contributed by atoms with Crippen molar-refractivity contribution < 1.29 is 9.53 Å². The van der Waals surface area contributed by atoms with Crippen molar-refractivity contribution >= 4 is 5.91 Å². The summed E-state index contributed by atoms with van der Waals surface area (Å²) in [5.74, 6) is 2.61. The molecule has 0 spiro atoms. The van der Waals surface area contributed by atoms with E-state index in [1.54, 1.807) is 13.2 Å². The number of ether oxygens (including phenoxy) is 1. The van der Waals surface area contributed by atoms with Gasteiger partial charge in [-0.25, -0.2) is 0 Å². The van der Waals surface area contributed by atoms with Crippen LogP contribution in [-0.4, -0.2) is 33.8 Å². The normalized spacial score (nSPS) is 16.1. The van der Waals surface area contributed by atoms with E-state index in [1.807, 2.05) is 36.4 Å². The van der Waals surface area contributed by atoms with Gasteiger partial charge in [0.1, 0.15) is 17.4 Å². The molecule has 0 radical (unpaired) electrons. The summed E-state index contributed by atoms with van der Waals surface area (Å²) in [5, 5.41) is 12.0. The quantitative estimate of drug-likeness (QED) is 0.743. The van der Waals surface area contributed by atoms with Crippen molar-refractivity contribution in [3.8, 4) is 5.75 Å². The number of hydrogen-bond acceptors (Lipinski definition) is 4. The summed E-state index contributed by atoms with van der Waals surface area (Å²) in [4.78, 5) is 12.6. The number of amides is 1. The van der Waals surface area contributed by atoms with Gasteiger partial charge in [0.2, 0.25) is 0 Å². The molecule has 1 atom stereocenters. The van der Waals surface area contributed by atoms with E-state index in [4.69, 9.17) is 4.74 Å². The zero-order valence-electron chi connectivity index (χ0n) is 16.0. The maximum atomic E-state index is 12.6. The Kier molecular flexibility index (Phi) is 5.37. The minimum atomic E-state index is -0.0638. The Hall–Kier alpha value is -3.15. The van der Waals surface area contributed by atoms with Gasteiger partial charge in [0.25, 0.3) is 5.91 Å². The van der Waals surface area contributed by atoms with Gasteiger partial charge in [0.15, 0.2) is 0 Å². The van der Waals surface area contributed by atoms with Crippen molar-refractivity contribution in [2.24, 2.45) is 0 Å². The number of aryl methyl sites for hydroxylation is 1. The Morgan fingerprint density at radius 2 is 2.00 bits per heavy atom. The predicted octanol–water partition coefficient (Wildman–Crippen LogP) is 3.01. The Labute approximate surface area is 164 Å². The molecule has 1 amide bonds. The average molecular weight is 376 g/mol. The summed E-state index contributed by atoms with van der Waals surface area (Å²) in [6.45, 7) is 0.813. The topological polar surface area (TPSA) is 69.0 Å². The summed E-state index contributed by atoms with van der Waals surface area (Å²) >= 11 is 0. The van der Waals surface area contributed by atoms with Crippen LogP contribution in [0.5, 0.6) is 5.75 Å². The fourth-order valence-corrected chi connectivity index (χ4v) is 3.63. The fraction of sp³-hybridized carbons (Fsp3) is 0.318. The van der Waals surface area contributed by atoms with Crippen LogP contribution >= 0.6 is 0 Å². The van der Waals surface area contributed by atoms with Crippen molar-refractivity contribution in [3.05, 3.63) is 77.4 Å². The molecule has 144 valence electrons. The zero-order valence-corrected chi connectivity index (χ0v) is 16.0. The third-order valence-electron chi connectivity index (χ3n) is 5.19. The highest BCUT2D eigenvalue weighted by molar-refractivity contribution is 5.94. The molecule has 28 heavy (non-hydrogen) atoms. The second-order valence-electron chi connectivity index (χ2n) is 7.08. The number of rotatable bonds is 5. The number of aromatic nitrogens is 3. The number of hydrogen-bond donors (Lipinski definition) is 1. The molecule has 1 aromatic heterocycles. The molecule has 0 saturated carbocycles. The van der Waals surface area contributed by atoms with Gasteiger partial charge in [0, 0.05) is 31.0 Å². The van der Waals surface area contributed by atoms with Crippen LogP contribution in [-0.2, 0) is 19.4 Å². The molecule has 1 unspecified atom stereocenters. The second kappa shape index (κ2) is 8.25. The highest BCUT2D eigenvalue weighted by Crippen LogP contribution is 2.18. The molecule has 0 saturated heterocycles. The van der Waals surface area contributed by atoms with E-state index in [1.165, 1.54) is 5.56 Å². The lowest BCUT2D eigenvalue weighted by Gasteiger charge is -2.16. The van der Waals surface area contributed by atoms with Gasteiger partial charge in [-0.2, -0.15) is 0 Å². The zero-order chi connectivity index (χ0) is 19.3. The van der Waals surface area contributed by atoms with Crippen LogP contribution in [0.25, 0.3) is 0 Å². The number of fused-ring (bicyclic) bond motifs is 1. The number of nitrogens with zero attached hydrogens (tertiary/aromatic N) is 3. The SMILES string of the molecule is COc1cccc(C(=O)NC2CCc3nnc(Cc4ccccc4)n3CC2)c1. The first kappa shape index (κ1) is 18.2. The van der Waals surface area contributed by atoms with E-state index >= 15 is 0 Å². The molecular weight excluding hydrogens is 352 g/mol. The first-order chi connectivity index (χ1) is 13.7. The lowest BCUT2D eigenvalue weighted by molar-refractivity contribution is 0.0932. The molecule has 2 aromatic carbocycles. The summed E-state index contributed by atoms with van der Waals surface area (Å²) in [7, 11) is 1.60. The third kappa shape index (κ3) is 4.06. The van der Waals surface area contributed by atoms with Crippen LogP contribution in [0.2, 0.25) is 0 Å². The van der Waals surface area contributed by atoms with E-state index in [0.717, 1.165) is 43.9 Å². The predicted molar refractivity (Wildman–Crippen MR) is 106 cm³/mol. The van der Waals surface area contributed by atoms with E-state index in [0.29, 0.717) is 11.3 Å². The number of carbonyl (C=O) groups excluding carboxylic acids is 1. The first-order valence-electron chi connectivity index (χ1n) is 9.63. The minimum absolute atomic E-state index is 0.0638. The smallest absolute Gasteiger partial charge is 0.251 e. The van der Waals surface area contributed by atoms with Crippen molar-refractivity contribution in [2.45, 2.75) is 38.3 Å². The van der Waals surface area contributed by atoms with Crippen molar-refractivity contribution in [1.82, 2.24) is 20.1 Å². The summed E-state index contributed by atoms with van der Waals surface area (Å²) in [5.41, 5.74) is 1.84. The molecule has 6 heteroatoms. The minimum Gasteiger partial charge on any atom is -0.497 e. The highest BCUT2D eigenvalue weighted by Gasteiger charge is 2.22. The molecule has 4 rings (SSSR count). The molecule has 6 nitrogen and oxygen atoms in total. The van der Waals surface area contributed by atoms with Crippen molar-refractivity contribution in [3.63, 3.8) is 0 Å². The number of methoxy groups -OCH3 is 1. The maximum absolute atomic E-state index is 12.6. The van der Waals surface area contributed by atoms with E-state index in [2.05, 4.69) is 32.2 Å². The van der Waals surface area contributed by atoms with Gasteiger partial charge < -0.3 is 14.6 Å². The highest BCUT2D eigenvalue weighted by atomic mass is 16.5. The van der Waals surface area contributed by atoms with Crippen LogP contribution in [0, 0.1) is 0 Å². The van der Waals surface area contributed by atoms with Gasteiger partial charge in [-0.3, -0.25) is 4.79 Å². The summed E-state index contributed by atoms with van der Waals surface area (Å²) in [6, 6.07) is 17.7. The Morgan fingerprint density at radius 3 is 2.82 bits per heavy atom. The molecular formula is C22H24N4O2. The number of carbonyl (C=O) groups is 1. The van der Waals surface area contributed by atoms with Crippen LogP contribution in [0.1, 0.15) is 40.4 Å². The lowest BCUT2D eigenvalue weighted by atomic mass is 10.1. The molecule has 1 aliphatic rings. The average Bonchev–Trinajstić information content (AvgIpc) is 3.00. The lowest BCUT2D eigenvalue weighted by Crippen LogP contribution is -2.35. The van der Waals surface area contributed by atoms with Gasteiger partial charge in [0.05, 0.1) is 7.11 Å². The summed E-state index contributed by atoms with van der Waals surface area (Å²) < 4.78 is 7.42. The molecule has 3 aromatic rings. The van der Waals surface area contributed by atoms with Crippen LogP contribution in [0.15, 0.2) is 54.6 Å². The standard InChI is InChI=1S/C22H24N4O2/c1-28-19-9-5-8-17(15-19)22(27)23-18-10-11-20-24-25-21(26(20)13-12-18)14-16-6-3-2-4-7-16/h2-9,15,18H,10-14H2,1H3,(H,23,27). The van der Waals surface area contributed by atoms with Crippen LogP contribution in [0.3, 0.4) is 0 Å². The Morgan fingerprint density at radius 1 is 1.14 bits per heavy atom. The summed E-state index contributed by atoms with van der Waals surface area (Å²) in [6.07, 6.45) is 3.31. The van der Waals surface area contributed by atoms with Gasteiger partial charge in [-0.05, 0) is 36.6 Å². The number of benzene rings is 2. The molecule has 0 aliphatic carbocycles. The van der Waals surface area contributed by atoms with E-state index in [-0.39, 0.29) is 11.9 Å². The molecule has 2 heterocycles. The van der Waals surface area contributed by atoms with Crippen LogP contribution in [0.4, 0.5) is 0 Å². The van der Waals surface area contributed by atoms with E-state index in [9.17, 15) is 4.79 Å². The van der Waals surface area contributed by atoms with Gasteiger partial charge >= 0.3 is 0 Å². The van der Waals surface area contributed by atoms with Gasteiger partial charge in [-0.1, -0.05) is 36.4 Å². The largest absolute Gasteiger partial charge is 0.497 e. The molecule has 1 aliphatic heterocycles. The Balaban J connectivity index is 1.41. The monoisotopic (exact) mass is 376 g/mol.